The minimum Gasteiger partial charge on any atom is -0.347 e. The molecule has 0 bridgehead atoms. The van der Waals surface area contributed by atoms with Gasteiger partial charge in [0.2, 0.25) is 17.2 Å². The Bertz CT molecular complexity index is 375. The lowest BCUT2D eigenvalue weighted by atomic mass is 10.3. The Balaban J connectivity index is 2.92. The largest absolute Gasteiger partial charge is 0.347 e. The van der Waals surface area contributed by atoms with Crippen molar-refractivity contribution in [1.82, 2.24) is 15.0 Å². The second-order valence-electron chi connectivity index (χ2n) is 4.79. The van der Waals surface area contributed by atoms with Crippen molar-refractivity contribution in [3.63, 3.8) is 0 Å². The summed E-state index contributed by atoms with van der Waals surface area (Å²) in [6.45, 7) is 6.29. The van der Waals surface area contributed by atoms with E-state index in [0.29, 0.717) is 11.9 Å². The molecule has 0 aliphatic carbocycles. The van der Waals surface area contributed by atoms with Crippen LogP contribution in [0, 0.1) is 0 Å². The van der Waals surface area contributed by atoms with Gasteiger partial charge >= 0.3 is 0 Å². The highest BCUT2D eigenvalue weighted by atomic mass is 35.5. The van der Waals surface area contributed by atoms with E-state index in [-0.39, 0.29) is 5.28 Å². The molecule has 0 atom stereocenters. The summed E-state index contributed by atoms with van der Waals surface area (Å²) in [6, 6.07) is 0. The Morgan fingerprint density at radius 3 is 1.89 bits per heavy atom. The van der Waals surface area contributed by atoms with Gasteiger partial charge in [-0.1, -0.05) is 26.7 Å². The summed E-state index contributed by atoms with van der Waals surface area (Å²) in [7, 11) is 3.80. The summed E-state index contributed by atoms with van der Waals surface area (Å²) in [5.41, 5.74) is 0. The SMILES string of the molecule is CCCCN(CCCC)c1nc(Cl)nc(N(C)C)n1. The molecule has 0 amide bonds. The van der Waals surface area contributed by atoms with Crippen molar-refractivity contribution in [2.45, 2.75) is 39.5 Å². The van der Waals surface area contributed by atoms with Gasteiger partial charge in [-0.05, 0) is 24.4 Å². The molecule has 0 N–H and O–H groups in total. The van der Waals surface area contributed by atoms with Crippen molar-refractivity contribution in [2.75, 3.05) is 37.0 Å². The highest BCUT2D eigenvalue weighted by Gasteiger charge is 2.13. The first kappa shape index (κ1) is 16.0. The average molecular weight is 286 g/mol. The normalized spacial score (nSPS) is 10.6. The molecule has 0 spiro atoms. The van der Waals surface area contributed by atoms with Gasteiger partial charge in [0.15, 0.2) is 0 Å². The molecule has 0 aromatic carbocycles. The zero-order valence-corrected chi connectivity index (χ0v) is 13.1. The van der Waals surface area contributed by atoms with E-state index in [1.165, 1.54) is 0 Å². The van der Waals surface area contributed by atoms with Gasteiger partial charge in [0, 0.05) is 27.2 Å². The summed E-state index contributed by atoms with van der Waals surface area (Å²) in [5.74, 6) is 1.29. The van der Waals surface area contributed by atoms with Gasteiger partial charge in [-0.2, -0.15) is 15.0 Å². The van der Waals surface area contributed by atoms with Crippen LogP contribution < -0.4 is 9.80 Å². The average Bonchev–Trinajstić information content (AvgIpc) is 2.38. The van der Waals surface area contributed by atoms with E-state index in [1.54, 1.807) is 0 Å². The van der Waals surface area contributed by atoms with E-state index in [4.69, 9.17) is 11.6 Å². The minimum atomic E-state index is 0.256. The van der Waals surface area contributed by atoms with Gasteiger partial charge in [0.1, 0.15) is 0 Å². The van der Waals surface area contributed by atoms with Crippen LogP contribution in [0.15, 0.2) is 0 Å². The second kappa shape index (κ2) is 8.15. The quantitative estimate of drug-likeness (QED) is 0.735. The predicted octanol–water partition coefficient (Wildman–Crippen LogP) is 3.00. The Labute approximate surface area is 121 Å². The highest BCUT2D eigenvalue weighted by Crippen LogP contribution is 2.16. The lowest BCUT2D eigenvalue weighted by molar-refractivity contribution is 0.660. The maximum Gasteiger partial charge on any atom is 0.231 e. The summed E-state index contributed by atoms with van der Waals surface area (Å²) >= 11 is 5.99. The zero-order chi connectivity index (χ0) is 14.3. The molecule has 5 nitrogen and oxygen atoms in total. The van der Waals surface area contributed by atoms with Crippen LogP contribution >= 0.6 is 11.6 Å². The highest BCUT2D eigenvalue weighted by molar-refractivity contribution is 6.28. The fourth-order valence-electron chi connectivity index (χ4n) is 1.68. The number of unbranched alkanes of at least 4 members (excludes halogenated alkanes) is 2. The molecular weight excluding hydrogens is 262 g/mol. The number of anilines is 2. The molecule has 1 aromatic rings. The molecule has 0 saturated carbocycles. The van der Waals surface area contributed by atoms with E-state index in [0.717, 1.165) is 38.8 Å². The van der Waals surface area contributed by atoms with Crippen LogP contribution in [0.25, 0.3) is 0 Å². The monoisotopic (exact) mass is 285 g/mol. The van der Waals surface area contributed by atoms with Crippen LogP contribution in [0.5, 0.6) is 0 Å². The molecule has 0 unspecified atom stereocenters. The Kier molecular flexibility index (Phi) is 6.84. The number of aromatic nitrogens is 3. The first-order valence-electron chi connectivity index (χ1n) is 6.92. The number of hydrogen-bond acceptors (Lipinski definition) is 5. The van der Waals surface area contributed by atoms with Crippen molar-refractivity contribution in [3.8, 4) is 0 Å². The standard InChI is InChI=1S/C13H24ClN5/c1-5-7-9-19(10-8-6-2)13-16-11(14)15-12(17-13)18(3)4/h5-10H2,1-4H3. The van der Waals surface area contributed by atoms with Gasteiger partial charge in [-0.25, -0.2) is 0 Å². The summed E-state index contributed by atoms with van der Waals surface area (Å²) in [5, 5.41) is 0.256. The smallest absolute Gasteiger partial charge is 0.231 e. The molecule has 0 radical (unpaired) electrons. The van der Waals surface area contributed by atoms with E-state index in [1.807, 2.05) is 19.0 Å². The van der Waals surface area contributed by atoms with Crippen LogP contribution in [0.1, 0.15) is 39.5 Å². The van der Waals surface area contributed by atoms with E-state index in [2.05, 4.69) is 33.7 Å². The van der Waals surface area contributed by atoms with Gasteiger partial charge in [0.05, 0.1) is 0 Å². The first-order chi connectivity index (χ1) is 9.08. The molecule has 19 heavy (non-hydrogen) atoms. The second-order valence-corrected chi connectivity index (χ2v) is 5.13. The van der Waals surface area contributed by atoms with Crippen LogP contribution in [0.3, 0.4) is 0 Å². The summed E-state index contributed by atoms with van der Waals surface area (Å²) < 4.78 is 0. The minimum absolute atomic E-state index is 0.256. The lowest BCUT2D eigenvalue weighted by Crippen LogP contribution is -2.28. The van der Waals surface area contributed by atoms with Crippen LogP contribution in [0.4, 0.5) is 11.9 Å². The van der Waals surface area contributed by atoms with Crippen molar-refractivity contribution in [3.05, 3.63) is 5.28 Å². The van der Waals surface area contributed by atoms with Crippen LogP contribution in [-0.4, -0.2) is 42.1 Å². The fraction of sp³-hybridized carbons (Fsp3) is 0.769. The maximum atomic E-state index is 5.99. The lowest BCUT2D eigenvalue weighted by Gasteiger charge is -2.23. The van der Waals surface area contributed by atoms with E-state index >= 15 is 0 Å². The molecule has 0 fully saturated rings. The molecule has 1 aromatic heterocycles. The molecule has 0 saturated heterocycles. The molecular formula is C13H24ClN5. The van der Waals surface area contributed by atoms with Gasteiger partial charge in [-0.3, -0.25) is 0 Å². The number of hydrogen-bond donors (Lipinski definition) is 0. The number of rotatable bonds is 8. The van der Waals surface area contributed by atoms with Gasteiger partial charge < -0.3 is 9.80 Å². The molecule has 0 aliphatic heterocycles. The van der Waals surface area contributed by atoms with Crippen LogP contribution in [0.2, 0.25) is 5.28 Å². The summed E-state index contributed by atoms with van der Waals surface area (Å²) in [6.07, 6.45) is 4.57. The molecule has 1 rings (SSSR count). The fourth-order valence-corrected chi connectivity index (χ4v) is 1.83. The van der Waals surface area contributed by atoms with Crippen molar-refractivity contribution >= 4 is 23.5 Å². The van der Waals surface area contributed by atoms with Crippen molar-refractivity contribution in [2.24, 2.45) is 0 Å². The van der Waals surface area contributed by atoms with E-state index in [9.17, 15) is 0 Å². The topological polar surface area (TPSA) is 45.2 Å². The predicted molar refractivity (Wildman–Crippen MR) is 81.2 cm³/mol. The first-order valence-corrected chi connectivity index (χ1v) is 7.30. The Morgan fingerprint density at radius 1 is 0.895 bits per heavy atom. The number of halogens is 1. The molecule has 6 heteroatoms. The molecule has 0 aliphatic rings. The Hall–Kier alpha value is -1.10. The van der Waals surface area contributed by atoms with Crippen molar-refractivity contribution < 1.29 is 0 Å². The summed E-state index contributed by atoms with van der Waals surface area (Å²) in [4.78, 5) is 16.9. The molecule has 108 valence electrons. The van der Waals surface area contributed by atoms with Crippen LogP contribution in [-0.2, 0) is 0 Å². The zero-order valence-electron chi connectivity index (χ0n) is 12.4. The number of nitrogens with zero attached hydrogens (tertiary/aromatic N) is 5. The third kappa shape index (κ3) is 5.19. The maximum absolute atomic E-state index is 5.99. The third-order valence-corrected chi connectivity index (χ3v) is 3.00. The van der Waals surface area contributed by atoms with Gasteiger partial charge in [0.25, 0.3) is 0 Å². The van der Waals surface area contributed by atoms with Crippen molar-refractivity contribution in [1.29, 1.82) is 0 Å². The molecule has 1 heterocycles. The Morgan fingerprint density at radius 2 is 1.42 bits per heavy atom. The third-order valence-electron chi connectivity index (χ3n) is 2.83. The van der Waals surface area contributed by atoms with E-state index < -0.39 is 0 Å². The van der Waals surface area contributed by atoms with Gasteiger partial charge in [-0.15, -0.1) is 0 Å².